The summed E-state index contributed by atoms with van der Waals surface area (Å²) >= 11 is 0. The third-order valence-electron chi connectivity index (χ3n) is 5.27. The van der Waals surface area contributed by atoms with Crippen molar-refractivity contribution >= 4 is 5.91 Å². The number of nitrogens with zero attached hydrogens (tertiary/aromatic N) is 4. The summed E-state index contributed by atoms with van der Waals surface area (Å²) in [6.45, 7) is 6.01. The van der Waals surface area contributed by atoms with E-state index in [1.54, 1.807) is 0 Å². The minimum absolute atomic E-state index is 0.0722. The first-order chi connectivity index (χ1) is 13.1. The van der Waals surface area contributed by atoms with Crippen molar-refractivity contribution in [2.45, 2.75) is 39.2 Å². The van der Waals surface area contributed by atoms with E-state index in [0.29, 0.717) is 17.2 Å². The Hall–Kier alpha value is -2.89. The predicted molar refractivity (Wildman–Crippen MR) is 102 cm³/mol. The van der Waals surface area contributed by atoms with Crippen LogP contribution in [0, 0.1) is 13.8 Å². The number of piperidine rings is 1. The SMILES string of the molecule is Cc1cc(C(=O)N2CCC(c3nccn3Cc3ccncc3)CC2)c(C)o1. The quantitative estimate of drug-likeness (QED) is 0.710. The fourth-order valence-corrected chi connectivity index (χ4v) is 3.85. The number of rotatable bonds is 4. The van der Waals surface area contributed by atoms with E-state index in [9.17, 15) is 4.79 Å². The van der Waals surface area contributed by atoms with Gasteiger partial charge >= 0.3 is 0 Å². The number of hydrogen-bond donors (Lipinski definition) is 0. The molecule has 0 atom stereocenters. The Bertz CT molecular complexity index is 921. The van der Waals surface area contributed by atoms with E-state index in [4.69, 9.17) is 4.42 Å². The average Bonchev–Trinajstić information content (AvgIpc) is 3.28. The second-order valence-corrected chi connectivity index (χ2v) is 7.16. The zero-order valence-electron chi connectivity index (χ0n) is 15.8. The number of furan rings is 1. The fraction of sp³-hybridized carbons (Fsp3) is 0.381. The van der Waals surface area contributed by atoms with Crippen LogP contribution in [0.4, 0.5) is 0 Å². The first kappa shape index (κ1) is 17.5. The van der Waals surface area contributed by atoms with Crippen molar-refractivity contribution in [1.29, 1.82) is 0 Å². The molecule has 4 rings (SSSR count). The minimum Gasteiger partial charge on any atom is -0.466 e. The summed E-state index contributed by atoms with van der Waals surface area (Å²) in [5.74, 6) is 3.03. The Balaban J connectivity index is 1.42. The van der Waals surface area contributed by atoms with E-state index in [1.807, 2.05) is 61.7 Å². The number of aromatic nitrogens is 3. The molecule has 0 aromatic carbocycles. The number of hydrogen-bond acceptors (Lipinski definition) is 4. The third-order valence-corrected chi connectivity index (χ3v) is 5.27. The molecule has 1 aliphatic heterocycles. The topological polar surface area (TPSA) is 64.2 Å². The summed E-state index contributed by atoms with van der Waals surface area (Å²) in [5, 5.41) is 0. The zero-order chi connectivity index (χ0) is 18.8. The highest BCUT2D eigenvalue weighted by atomic mass is 16.3. The van der Waals surface area contributed by atoms with Crippen molar-refractivity contribution < 1.29 is 9.21 Å². The maximum Gasteiger partial charge on any atom is 0.257 e. The molecule has 27 heavy (non-hydrogen) atoms. The second-order valence-electron chi connectivity index (χ2n) is 7.16. The van der Waals surface area contributed by atoms with Crippen molar-refractivity contribution in [3.63, 3.8) is 0 Å². The van der Waals surface area contributed by atoms with E-state index < -0.39 is 0 Å². The normalized spacial score (nSPS) is 15.3. The molecular formula is C21H24N4O2. The van der Waals surface area contributed by atoms with Crippen LogP contribution in [-0.2, 0) is 6.54 Å². The van der Waals surface area contributed by atoms with Gasteiger partial charge in [0.25, 0.3) is 5.91 Å². The van der Waals surface area contributed by atoms with Crippen LogP contribution in [0.5, 0.6) is 0 Å². The molecule has 4 heterocycles. The van der Waals surface area contributed by atoms with Gasteiger partial charge in [-0.2, -0.15) is 0 Å². The lowest BCUT2D eigenvalue weighted by atomic mass is 9.95. The van der Waals surface area contributed by atoms with Crippen LogP contribution in [0.1, 0.15) is 52.0 Å². The molecule has 1 saturated heterocycles. The molecule has 0 radical (unpaired) electrons. The van der Waals surface area contributed by atoms with Crippen LogP contribution in [0.25, 0.3) is 0 Å². The molecule has 0 unspecified atom stereocenters. The lowest BCUT2D eigenvalue weighted by Crippen LogP contribution is -2.38. The maximum absolute atomic E-state index is 12.8. The Morgan fingerprint density at radius 2 is 1.93 bits per heavy atom. The summed E-state index contributed by atoms with van der Waals surface area (Å²) < 4.78 is 7.72. The van der Waals surface area contributed by atoms with Crippen molar-refractivity contribution in [1.82, 2.24) is 19.4 Å². The highest BCUT2D eigenvalue weighted by Crippen LogP contribution is 2.28. The lowest BCUT2D eigenvalue weighted by Gasteiger charge is -2.32. The van der Waals surface area contributed by atoms with Gasteiger partial charge in [-0.1, -0.05) is 0 Å². The van der Waals surface area contributed by atoms with Gasteiger partial charge in [-0.05, 0) is 50.5 Å². The molecule has 6 nitrogen and oxygen atoms in total. The number of imidazole rings is 1. The van der Waals surface area contributed by atoms with Crippen molar-refractivity contribution in [3.8, 4) is 0 Å². The van der Waals surface area contributed by atoms with Gasteiger partial charge in [0.15, 0.2) is 0 Å². The van der Waals surface area contributed by atoms with Crippen molar-refractivity contribution in [3.05, 3.63) is 71.5 Å². The average molecular weight is 364 g/mol. The molecule has 1 aliphatic rings. The van der Waals surface area contributed by atoms with Gasteiger partial charge in [0, 0.05) is 50.3 Å². The van der Waals surface area contributed by atoms with Crippen LogP contribution in [0.3, 0.4) is 0 Å². The number of carbonyl (C=O) groups is 1. The highest BCUT2D eigenvalue weighted by Gasteiger charge is 2.28. The Labute approximate surface area is 158 Å². The van der Waals surface area contributed by atoms with Crippen LogP contribution in [-0.4, -0.2) is 38.4 Å². The van der Waals surface area contributed by atoms with Gasteiger partial charge in [0.2, 0.25) is 0 Å². The Morgan fingerprint density at radius 3 is 2.59 bits per heavy atom. The molecule has 1 fully saturated rings. The molecule has 0 bridgehead atoms. The molecule has 1 amide bonds. The second kappa shape index (κ2) is 7.39. The molecular weight excluding hydrogens is 340 g/mol. The lowest BCUT2D eigenvalue weighted by molar-refractivity contribution is 0.0708. The maximum atomic E-state index is 12.8. The molecule has 0 saturated carbocycles. The highest BCUT2D eigenvalue weighted by molar-refractivity contribution is 5.95. The molecule has 0 spiro atoms. The molecule has 0 aliphatic carbocycles. The number of amides is 1. The van der Waals surface area contributed by atoms with E-state index in [-0.39, 0.29) is 5.91 Å². The Kier molecular flexibility index (Phi) is 4.79. The van der Waals surface area contributed by atoms with Crippen LogP contribution >= 0.6 is 0 Å². The number of pyridine rings is 1. The number of likely N-dealkylation sites (tertiary alicyclic amines) is 1. The molecule has 3 aromatic heterocycles. The van der Waals surface area contributed by atoms with Crippen LogP contribution in [0.15, 0.2) is 47.4 Å². The third kappa shape index (κ3) is 3.65. The summed E-state index contributed by atoms with van der Waals surface area (Å²) in [7, 11) is 0. The van der Waals surface area contributed by atoms with Gasteiger partial charge in [-0.15, -0.1) is 0 Å². The van der Waals surface area contributed by atoms with Crippen LogP contribution < -0.4 is 0 Å². The standard InChI is InChI=1S/C21H24N4O2/c1-15-13-19(16(2)27-15)21(26)24-10-5-18(6-11-24)20-23-9-12-25(20)14-17-3-7-22-8-4-17/h3-4,7-9,12-13,18H,5-6,10-11,14H2,1-2H3. The number of aryl methyl sites for hydroxylation is 2. The van der Waals surface area contributed by atoms with Gasteiger partial charge in [0.05, 0.1) is 5.56 Å². The van der Waals surface area contributed by atoms with Gasteiger partial charge < -0.3 is 13.9 Å². The van der Waals surface area contributed by atoms with Gasteiger partial charge in [-0.25, -0.2) is 4.98 Å². The molecule has 6 heteroatoms. The van der Waals surface area contributed by atoms with Gasteiger partial charge in [0.1, 0.15) is 17.3 Å². The van der Waals surface area contributed by atoms with Gasteiger partial charge in [-0.3, -0.25) is 9.78 Å². The summed E-state index contributed by atoms with van der Waals surface area (Å²) in [6, 6.07) is 5.89. The van der Waals surface area contributed by atoms with Crippen molar-refractivity contribution in [2.75, 3.05) is 13.1 Å². The number of carbonyl (C=O) groups excluding carboxylic acids is 1. The largest absolute Gasteiger partial charge is 0.466 e. The summed E-state index contributed by atoms with van der Waals surface area (Å²) in [6.07, 6.45) is 9.38. The van der Waals surface area contributed by atoms with E-state index >= 15 is 0 Å². The zero-order valence-corrected chi connectivity index (χ0v) is 15.8. The molecule has 0 N–H and O–H groups in total. The molecule has 3 aromatic rings. The Morgan fingerprint density at radius 1 is 1.19 bits per heavy atom. The first-order valence-electron chi connectivity index (χ1n) is 9.38. The van der Waals surface area contributed by atoms with E-state index in [1.165, 1.54) is 5.56 Å². The summed E-state index contributed by atoms with van der Waals surface area (Å²) in [4.78, 5) is 23.4. The first-order valence-corrected chi connectivity index (χ1v) is 9.38. The van der Waals surface area contributed by atoms with Crippen molar-refractivity contribution in [2.24, 2.45) is 0 Å². The monoisotopic (exact) mass is 364 g/mol. The predicted octanol–water partition coefficient (Wildman–Crippen LogP) is 3.56. The smallest absolute Gasteiger partial charge is 0.257 e. The van der Waals surface area contributed by atoms with Crippen LogP contribution in [0.2, 0.25) is 0 Å². The summed E-state index contributed by atoms with van der Waals surface area (Å²) in [5.41, 5.74) is 1.90. The fourth-order valence-electron chi connectivity index (χ4n) is 3.85. The van der Waals surface area contributed by atoms with E-state index in [0.717, 1.165) is 44.1 Å². The minimum atomic E-state index is 0.0722. The molecule has 140 valence electrons. The van der Waals surface area contributed by atoms with E-state index in [2.05, 4.69) is 14.5 Å².